The molecule has 0 aliphatic carbocycles. The number of ether oxygens (including phenoxy) is 2. The zero-order valence-electron chi connectivity index (χ0n) is 14.1. The summed E-state index contributed by atoms with van der Waals surface area (Å²) in [7, 11) is 1.65. The maximum Gasteiger partial charge on any atom is 0.412 e. The molecule has 0 unspecified atom stereocenters. The number of aromatic nitrogens is 1. The average molecular weight is 334 g/mol. The molecule has 0 fully saturated rings. The SMILES string of the molecule is COc1ccc(Cc2nc(C)c(NC(=O)OC(C)(C)C)s2)cc1. The van der Waals surface area contributed by atoms with Crippen LogP contribution in [0.25, 0.3) is 0 Å². The van der Waals surface area contributed by atoms with Crippen LogP contribution in [0.5, 0.6) is 5.75 Å². The van der Waals surface area contributed by atoms with Crippen LogP contribution in [0.15, 0.2) is 24.3 Å². The van der Waals surface area contributed by atoms with Crippen molar-refractivity contribution < 1.29 is 14.3 Å². The first kappa shape index (κ1) is 17.3. The zero-order chi connectivity index (χ0) is 17.0. The first-order valence-electron chi connectivity index (χ1n) is 7.36. The molecule has 1 aromatic heterocycles. The number of anilines is 1. The standard InChI is InChI=1S/C17H22N2O3S/c1-11-15(19-16(20)22-17(2,3)4)23-14(18-11)10-12-6-8-13(21-5)9-7-12/h6-9H,10H2,1-5H3,(H,19,20). The Morgan fingerprint density at radius 3 is 2.48 bits per heavy atom. The van der Waals surface area contributed by atoms with E-state index in [2.05, 4.69) is 10.3 Å². The quantitative estimate of drug-likeness (QED) is 0.900. The number of hydrogen-bond acceptors (Lipinski definition) is 5. The van der Waals surface area contributed by atoms with Gasteiger partial charge in [-0.25, -0.2) is 9.78 Å². The molecule has 0 aliphatic heterocycles. The predicted molar refractivity (Wildman–Crippen MR) is 92.5 cm³/mol. The number of carbonyl (C=O) groups is 1. The van der Waals surface area contributed by atoms with Crippen molar-refractivity contribution in [2.75, 3.05) is 12.4 Å². The fourth-order valence-electron chi connectivity index (χ4n) is 1.96. The molecule has 0 saturated heterocycles. The third kappa shape index (κ3) is 5.25. The van der Waals surface area contributed by atoms with E-state index in [1.54, 1.807) is 7.11 Å². The topological polar surface area (TPSA) is 60.5 Å². The van der Waals surface area contributed by atoms with Gasteiger partial charge in [0.15, 0.2) is 0 Å². The fraction of sp³-hybridized carbons (Fsp3) is 0.412. The first-order chi connectivity index (χ1) is 10.8. The lowest BCUT2D eigenvalue weighted by atomic mass is 10.1. The Morgan fingerprint density at radius 2 is 1.91 bits per heavy atom. The molecule has 5 nitrogen and oxygen atoms in total. The van der Waals surface area contributed by atoms with E-state index in [9.17, 15) is 4.79 Å². The maximum atomic E-state index is 11.9. The predicted octanol–water partition coefficient (Wildman–Crippen LogP) is 4.40. The van der Waals surface area contributed by atoms with Gasteiger partial charge >= 0.3 is 6.09 Å². The highest BCUT2D eigenvalue weighted by molar-refractivity contribution is 7.16. The Kier molecular flexibility index (Phi) is 5.26. The number of hydrogen-bond donors (Lipinski definition) is 1. The molecule has 0 saturated carbocycles. The normalized spacial score (nSPS) is 11.2. The minimum atomic E-state index is -0.519. The molecule has 2 rings (SSSR count). The molecule has 6 heteroatoms. The molecular formula is C17H22N2O3S. The van der Waals surface area contributed by atoms with Crippen LogP contribution in [0.1, 0.15) is 37.0 Å². The molecule has 1 amide bonds. The molecule has 1 aromatic carbocycles. The van der Waals surface area contributed by atoms with Crippen molar-refractivity contribution in [2.45, 2.75) is 39.7 Å². The highest BCUT2D eigenvalue weighted by atomic mass is 32.1. The number of nitrogens with one attached hydrogen (secondary N) is 1. The molecule has 124 valence electrons. The number of thiazole rings is 1. The monoisotopic (exact) mass is 334 g/mol. The number of carbonyl (C=O) groups excluding carboxylic acids is 1. The van der Waals surface area contributed by atoms with E-state index < -0.39 is 11.7 Å². The van der Waals surface area contributed by atoms with Gasteiger partial charge in [-0.1, -0.05) is 12.1 Å². The van der Waals surface area contributed by atoms with Gasteiger partial charge in [0, 0.05) is 6.42 Å². The Morgan fingerprint density at radius 1 is 1.26 bits per heavy atom. The number of methoxy groups -OCH3 is 1. The van der Waals surface area contributed by atoms with Gasteiger partial charge < -0.3 is 9.47 Å². The van der Waals surface area contributed by atoms with Gasteiger partial charge in [0.25, 0.3) is 0 Å². The van der Waals surface area contributed by atoms with Crippen LogP contribution in [0.2, 0.25) is 0 Å². The van der Waals surface area contributed by atoms with E-state index in [-0.39, 0.29) is 0 Å². The van der Waals surface area contributed by atoms with Crippen LogP contribution in [0.4, 0.5) is 9.80 Å². The third-order valence-corrected chi connectivity index (χ3v) is 4.04. The number of nitrogens with zero attached hydrogens (tertiary/aromatic N) is 1. The van der Waals surface area contributed by atoms with Crippen LogP contribution in [0, 0.1) is 6.92 Å². The molecular weight excluding hydrogens is 312 g/mol. The molecule has 1 N–H and O–H groups in total. The highest BCUT2D eigenvalue weighted by Gasteiger charge is 2.18. The van der Waals surface area contributed by atoms with Gasteiger partial charge in [0.1, 0.15) is 16.4 Å². The molecule has 0 aliphatic rings. The lowest BCUT2D eigenvalue weighted by Crippen LogP contribution is -2.27. The summed E-state index contributed by atoms with van der Waals surface area (Å²) in [5.74, 6) is 0.830. The minimum absolute atomic E-state index is 0.458. The summed E-state index contributed by atoms with van der Waals surface area (Å²) in [5, 5.41) is 4.43. The van der Waals surface area contributed by atoms with Crippen molar-refractivity contribution in [3.63, 3.8) is 0 Å². The van der Waals surface area contributed by atoms with Crippen molar-refractivity contribution >= 4 is 22.4 Å². The second-order valence-electron chi connectivity index (χ2n) is 6.17. The van der Waals surface area contributed by atoms with E-state index in [4.69, 9.17) is 9.47 Å². The summed E-state index contributed by atoms with van der Waals surface area (Å²) in [6.07, 6.45) is 0.256. The van der Waals surface area contributed by atoms with Gasteiger partial charge in [-0.05, 0) is 45.4 Å². The van der Waals surface area contributed by atoms with Crippen LogP contribution in [-0.2, 0) is 11.2 Å². The minimum Gasteiger partial charge on any atom is -0.497 e. The summed E-state index contributed by atoms with van der Waals surface area (Å²) < 4.78 is 10.4. The number of amides is 1. The van der Waals surface area contributed by atoms with E-state index in [0.717, 1.165) is 27.0 Å². The number of benzene rings is 1. The van der Waals surface area contributed by atoms with Gasteiger partial charge in [-0.15, -0.1) is 11.3 Å². The van der Waals surface area contributed by atoms with Crippen molar-refractivity contribution in [1.29, 1.82) is 0 Å². The van der Waals surface area contributed by atoms with Gasteiger partial charge in [0.2, 0.25) is 0 Å². The second kappa shape index (κ2) is 7.00. The largest absolute Gasteiger partial charge is 0.497 e. The van der Waals surface area contributed by atoms with Crippen molar-refractivity contribution in [3.8, 4) is 5.75 Å². The van der Waals surface area contributed by atoms with Crippen LogP contribution >= 0.6 is 11.3 Å². The second-order valence-corrected chi connectivity index (χ2v) is 7.26. The number of aryl methyl sites for hydroxylation is 1. The van der Waals surface area contributed by atoms with Crippen LogP contribution in [-0.4, -0.2) is 23.8 Å². The summed E-state index contributed by atoms with van der Waals surface area (Å²) in [6.45, 7) is 7.38. The van der Waals surface area contributed by atoms with E-state index >= 15 is 0 Å². The molecule has 0 atom stereocenters. The summed E-state index contributed by atoms with van der Waals surface area (Å²) >= 11 is 1.46. The smallest absolute Gasteiger partial charge is 0.412 e. The molecule has 1 heterocycles. The van der Waals surface area contributed by atoms with Crippen LogP contribution < -0.4 is 10.1 Å². The molecule has 0 spiro atoms. The van der Waals surface area contributed by atoms with Gasteiger partial charge in [-0.3, -0.25) is 5.32 Å². The summed E-state index contributed by atoms with van der Waals surface area (Å²) in [5.41, 5.74) is 1.42. The Bertz CT molecular complexity index is 672. The highest BCUT2D eigenvalue weighted by Crippen LogP contribution is 2.27. The lowest BCUT2D eigenvalue weighted by molar-refractivity contribution is 0.0636. The number of rotatable bonds is 4. The maximum absolute atomic E-state index is 11.9. The van der Waals surface area contributed by atoms with Crippen LogP contribution in [0.3, 0.4) is 0 Å². The van der Waals surface area contributed by atoms with Crippen molar-refractivity contribution in [3.05, 3.63) is 40.5 Å². The molecule has 2 aromatic rings. The summed E-state index contributed by atoms with van der Waals surface area (Å²) in [6, 6.07) is 7.87. The van der Waals surface area contributed by atoms with E-state index in [0.29, 0.717) is 6.42 Å². The Hall–Kier alpha value is -2.08. The molecule has 23 heavy (non-hydrogen) atoms. The molecule has 0 radical (unpaired) electrons. The molecule has 0 bridgehead atoms. The third-order valence-electron chi connectivity index (χ3n) is 2.97. The lowest BCUT2D eigenvalue weighted by Gasteiger charge is -2.19. The first-order valence-corrected chi connectivity index (χ1v) is 8.18. The van der Waals surface area contributed by atoms with Crippen molar-refractivity contribution in [2.24, 2.45) is 0 Å². The average Bonchev–Trinajstić information content (AvgIpc) is 2.77. The summed E-state index contributed by atoms with van der Waals surface area (Å²) in [4.78, 5) is 16.4. The Balaban J connectivity index is 2.03. The van der Waals surface area contributed by atoms with Gasteiger partial charge in [-0.2, -0.15) is 0 Å². The Labute approximate surface area is 140 Å². The zero-order valence-corrected chi connectivity index (χ0v) is 14.9. The van der Waals surface area contributed by atoms with E-state index in [1.807, 2.05) is 52.0 Å². The van der Waals surface area contributed by atoms with E-state index in [1.165, 1.54) is 11.3 Å². The fourth-order valence-corrected chi connectivity index (χ4v) is 2.94. The van der Waals surface area contributed by atoms with Crippen molar-refractivity contribution in [1.82, 2.24) is 4.98 Å². The van der Waals surface area contributed by atoms with Gasteiger partial charge in [0.05, 0.1) is 17.8 Å².